The normalized spacial score (nSPS) is 10.8. The minimum absolute atomic E-state index is 0.186. The van der Waals surface area contributed by atoms with Crippen molar-refractivity contribution in [1.29, 1.82) is 0 Å². The molecule has 0 atom stereocenters. The van der Waals surface area contributed by atoms with Crippen molar-refractivity contribution >= 4 is 50.8 Å². The zero-order valence-corrected chi connectivity index (χ0v) is 17.8. The summed E-state index contributed by atoms with van der Waals surface area (Å²) in [5.74, 6) is 0.178. The molecule has 24 heavy (non-hydrogen) atoms. The molecule has 0 fully saturated rings. The molecule has 1 heterocycles. The Bertz CT molecular complexity index is 514. The molecule has 0 radical (unpaired) electrons. The summed E-state index contributed by atoms with van der Waals surface area (Å²) < 4.78 is 5.84. The first-order valence-electron chi connectivity index (χ1n) is 8.68. The molecular weight excluding hydrogens is 408 g/mol. The van der Waals surface area contributed by atoms with E-state index < -0.39 is 0 Å². The largest absolute Gasteiger partial charge is 0.465 e. The summed E-state index contributed by atoms with van der Waals surface area (Å²) in [5.41, 5.74) is 0. The van der Waals surface area contributed by atoms with Crippen molar-refractivity contribution < 1.29 is 14.3 Å². The predicted octanol–water partition coefficient (Wildman–Crippen LogP) is 6.49. The second-order valence-electron chi connectivity index (χ2n) is 5.63. The van der Waals surface area contributed by atoms with E-state index in [0.717, 1.165) is 27.1 Å². The topological polar surface area (TPSA) is 43.4 Å². The maximum atomic E-state index is 12.4. The van der Waals surface area contributed by atoms with Crippen molar-refractivity contribution in [3.05, 3.63) is 14.7 Å². The van der Waals surface area contributed by atoms with E-state index in [1.165, 1.54) is 55.2 Å². The van der Waals surface area contributed by atoms with E-state index in [9.17, 15) is 9.59 Å². The number of hydrogen-bond acceptors (Lipinski definition) is 5. The highest BCUT2D eigenvalue weighted by molar-refractivity contribution is 9.10. The highest BCUT2D eigenvalue weighted by Crippen LogP contribution is 2.37. The van der Waals surface area contributed by atoms with Crippen LogP contribution in [0.15, 0.2) is 14.7 Å². The summed E-state index contributed by atoms with van der Waals surface area (Å²) in [6, 6.07) is 0. The van der Waals surface area contributed by atoms with Gasteiger partial charge < -0.3 is 4.74 Å². The Morgan fingerprint density at radius 2 is 1.79 bits per heavy atom. The van der Waals surface area contributed by atoms with Gasteiger partial charge in [0.15, 0.2) is 5.78 Å². The number of carbonyl (C=O) groups excluding carboxylic acids is 2. The summed E-state index contributed by atoms with van der Waals surface area (Å²) in [7, 11) is 0. The molecule has 3 nitrogen and oxygen atoms in total. The molecular formula is C18H27BrO3S2. The standard InChI is InChI=1S/C18H27BrO3S2/c1-3-5-6-7-8-9-10-11-15(20)18-17(14(19)12-23-18)24-13-16(21)22-4-2/h12H,3-11,13H2,1-2H3. The molecule has 1 aromatic heterocycles. The highest BCUT2D eigenvalue weighted by atomic mass is 79.9. The molecule has 0 saturated heterocycles. The van der Waals surface area contributed by atoms with Crippen LogP contribution in [0.1, 0.15) is 74.9 Å². The van der Waals surface area contributed by atoms with Gasteiger partial charge in [0.1, 0.15) is 0 Å². The Labute approximate surface area is 162 Å². The summed E-state index contributed by atoms with van der Waals surface area (Å²) in [5, 5.41) is 1.92. The molecule has 0 unspecified atom stereocenters. The number of esters is 1. The molecule has 0 saturated carbocycles. The van der Waals surface area contributed by atoms with Gasteiger partial charge in [-0.1, -0.05) is 45.4 Å². The smallest absolute Gasteiger partial charge is 0.316 e. The van der Waals surface area contributed by atoms with E-state index in [1.807, 2.05) is 5.38 Å². The lowest BCUT2D eigenvalue weighted by atomic mass is 10.1. The van der Waals surface area contributed by atoms with Crippen LogP contribution in [0.4, 0.5) is 0 Å². The lowest BCUT2D eigenvalue weighted by Crippen LogP contribution is -2.07. The molecule has 0 aliphatic heterocycles. The fraction of sp³-hybridized carbons (Fsp3) is 0.667. The molecule has 1 aromatic rings. The van der Waals surface area contributed by atoms with E-state index in [4.69, 9.17) is 4.74 Å². The van der Waals surface area contributed by atoms with E-state index >= 15 is 0 Å². The van der Waals surface area contributed by atoms with Crippen LogP contribution in [0.5, 0.6) is 0 Å². The monoisotopic (exact) mass is 434 g/mol. The van der Waals surface area contributed by atoms with Gasteiger partial charge in [0.05, 0.1) is 17.2 Å². The molecule has 1 rings (SSSR count). The molecule has 6 heteroatoms. The number of hydrogen-bond donors (Lipinski definition) is 0. The average molecular weight is 435 g/mol. The predicted molar refractivity (Wildman–Crippen MR) is 106 cm³/mol. The number of ketones is 1. The molecule has 0 spiro atoms. The van der Waals surface area contributed by atoms with Gasteiger partial charge in [-0.05, 0) is 29.3 Å². The first-order chi connectivity index (χ1) is 11.6. The van der Waals surface area contributed by atoms with Crippen molar-refractivity contribution in [3.63, 3.8) is 0 Å². The zero-order valence-electron chi connectivity index (χ0n) is 14.6. The second kappa shape index (κ2) is 13.0. The van der Waals surface area contributed by atoms with E-state index in [1.54, 1.807) is 6.92 Å². The maximum absolute atomic E-state index is 12.4. The number of thiophene rings is 1. The summed E-state index contributed by atoms with van der Waals surface area (Å²) in [6.07, 6.45) is 9.01. The zero-order chi connectivity index (χ0) is 17.8. The summed E-state index contributed by atoms with van der Waals surface area (Å²) in [4.78, 5) is 25.6. The van der Waals surface area contributed by atoms with Crippen LogP contribution in [0, 0.1) is 0 Å². The molecule has 0 aliphatic rings. The quantitative estimate of drug-likeness (QED) is 0.154. The Morgan fingerprint density at radius 1 is 1.12 bits per heavy atom. The Hall–Kier alpha value is -0.330. The van der Waals surface area contributed by atoms with E-state index in [2.05, 4.69) is 22.9 Å². The Kier molecular flexibility index (Phi) is 11.7. The van der Waals surface area contributed by atoms with E-state index in [0.29, 0.717) is 13.0 Å². The van der Waals surface area contributed by atoms with Crippen molar-refractivity contribution in [2.75, 3.05) is 12.4 Å². The van der Waals surface area contributed by atoms with Gasteiger partial charge in [0.2, 0.25) is 0 Å². The molecule has 0 bridgehead atoms. The van der Waals surface area contributed by atoms with Crippen molar-refractivity contribution in [3.8, 4) is 0 Å². The number of Topliss-reactive ketones (excluding diaryl/α,β-unsaturated/α-hetero) is 1. The van der Waals surface area contributed by atoms with Gasteiger partial charge in [0.25, 0.3) is 0 Å². The third-order valence-corrected chi connectivity index (χ3v) is 7.04. The molecule has 0 aromatic carbocycles. The fourth-order valence-electron chi connectivity index (χ4n) is 2.34. The van der Waals surface area contributed by atoms with Crippen molar-refractivity contribution in [1.82, 2.24) is 0 Å². The number of ether oxygens (including phenoxy) is 1. The SMILES string of the molecule is CCCCCCCCCC(=O)c1scc(Br)c1SCC(=O)OCC. The van der Waals surface area contributed by atoms with Gasteiger partial charge >= 0.3 is 5.97 Å². The van der Waals surface area contributed by atoms with Crippen molar-refractivity contribution in [2.45, 2.75) is 70.1 Å². The highest BCUT2D eigenvalue weighted by Gasteiger charge is 2.18. The number of halogens is 1. The number of unbranched alkanes of at least 4 members (excludes halogenated alkanes) is 6. The van der Waals surface area contributed by atoms with Crippen LogP contribution in [-0.2, 0) is 9.53 Å². The van der Waals surface area contributed by atoms with Crippen LogP contribution in [0.2, 0.25) is 0 Å². The summed E-state index contributed by atoms with van der Waals surface area (Å²) >= 11 is 6.31. The lowest BCUT2D eigenvalue weighted by Gasteiger charge is -2.05. The van der Waals surface area contributed by atoms with Crippen LogP contribution < -0.4 is 0 Å². The van der Waals surface area contributed by atoms with Crippen LogP contribution in [0.25, 0.3) is 0 Å². The van der Waals surface area contributed by atoms with Gasteiger partial charge in [-0.25, -0.2) is 0 Å². The third kappa shape index (κ3) is 8.17. The summed E-state index contributed by atoms with van der Waals surface area (Å²) in [6.45, 7) is 4.39. The minimum atomic E-state index is -0.244. The first kappa shape index (κ1) is 21.7. The first-order valence-corrected chi connectivity index (χ1v) is 11.3. The maximum Gasteiger partial charge on any atom is 0.316 e. The Morgan fingerprint density at radius 3 is 2.46 bits per heavy atom. The van der Waals surface area contributed by atoms with Gasteiger partial charge in [0, 0.05) is 21.2 Å². The van der Waals surface area contributed by atoms with Gasteiger partial charge in [-0.3, -0.25) is 9.59 Å². The van der Waals surface area contributed by atoms with Gasteiger partial charge in [-0.15, -0.1) is 23.1 Å². The fourth-order valence-corrected chi connectivity index (χ4v) is 5.27. The molecule has 0 amide bonds. The lowest BCUT2D eigenvalue weighted by molar-refractivity contribution is -0.139. The van der Waals surface area contributed by atoms with E-state index in [-0.39, 0.29) is 17.5 Å². The second-order valence-corrected chi connectivity index (χ2v) is 8.35. The molecule has 0 aliphatic carbocycles. The van der Waals surface area contributed by atoms with Crippen LogP contribution in [-0.4, -0.2) is 24.1 Å². The minimum Gasteiger partial charge on any atom is -0.465 e. The van der Waals surface area contributed by atoms with Crippen LogP contribution >= 0.6 is 39.0 Å². The molecule has 136 valence electrons. The third-order valence-electron chi connectivity index (χ3n) is 3.60. The number of thioether (sulfide) groups is 1. The van der Waals surface area contributed by atoms with Crippen LogP contribution in [0.3, 0.4) is 0 Å². The molecule has 0 N–H and O–H groups in total. The van der Waals surface area contributed by atoms with Crippen molar-refractivity contribution in [2.24, 2.45) is 0 Å². The van der Waals surface area contributed by atoms with Gasteiger partial charge in [-0.2, -0.15) is 0 Å². The number of rotatable bonds is 13. The number of carbonyl (C=O) groups is 2. The Balaban J connectivity index is 2.40. The average Bonchev–Trinajstić information content (AvgIpc) is 2.93.